The lowest BCUT2D eigenvalue weighted by molar-refractivity contribution is 0.0954. The number of benzene rings is 2. The van der Waals surface area contributed by atoms with E-state index in [9.17, 15) is 9.59 Å². The quantitative estimate of drug-likeness (QED) is 0.329. The van der Waals surface area contributed by atoms with Crippen LogP contribution in [0.5, 0.6) is 0 Å². The highest BCUT2D eigenvalue weighted by Gasteiger charge is 2.21. The van der Waals surface area contributed by atoms with Gasteiger partial charge >= 0.3 is 6.03 Å². The molecule has 206 valence electrons. The highest BCUT2D eigenvalue weighted by molar-refractivity contribution is 6.35. The number of pyridine rings is 1. The molecule has 3 amide bonds. The Hall–Kier alpha value is -3.49. The van der Waals surface area contributed by atoms with Gasteiger partial charge in [-0.1, -0.05) is 29.3 Å². The Morgan fingerprint density at radius 2 is 1.77 bits per heavy atom. The second-order valence-corrected chi connectivity index (χ2v) is 10.2. The van der Waals surface area contributed by atoms with Crippen molar-refractivity contribution < 1.29 is 9.59 Å². The van der Waals surface area contributed by atoms with Crippen molar-refractivity contribution in [2.24, 2.45) is 0 Å². The van der Waals surface area contributed by atoms with Gasteiger partial charge in [0.2, 0.25) is 0 Å². The molecule has 1 fully saturated rings. The van der Waals surface area contributed by atoms with Gasteiger partial charge in [0.25, 0.3) is 5.91 Å². The molecule has 0 unspecified atom stereocenters. The fourth-order valence-electron chi connectivity index (χ4n) is 4.55. The average molecular weight is 570 g/mol. The molecule has 1 aliphatic rings. The largest absolute Gasteiger partial charge is 0.379 e. The monoisotopic (exact) mass is 568 g/mol. The summed E-state index contributed by atoms with van der Waals surface area (Å²) < 4.78 is 0. The van der Waals surface area contributed by atoms with Crippen molar-refractivity contribution in [3.63, 3.8) is 0 Å². The first-order valence-corrected chi connectivity index (χ1v) is 14.0. The molecule has 2 heterocycles. The smallest absolute Gasteiger partial charge is 0.317 e. The van der Waals surface area contributed by atoms with Crippen LogP contribution in [-0.4, -0.2) is 61.1 Å². The summed E-state index contributed by atoms with van der Waals surface area (Å²) in [4.78, 5) is 33.7. The number of aromatic nitrogens is 1. The SMILES string of the molecule is CCNC(=O)N1CCCN(c2ccc(C(=O)NCCc3ccc(Cl)cc3Cl)cc2NCc2ccncc2)CC1. The zero-order valence-electron chi connectivity index (χ0n) is 22.1. The first kappa shape index (κ1) is 28.5. The lowest BCUT2D eigenvalue weighted by Crippen LogP contribution is -2.42. The minimum atomic E-state index is -0.156. The third-order valence-electron chi connectivity index (χ3n) is 6.64. The van der Waals surface area contributed by atoms with Crippen LogP contribution in [0.2, 0.25) is 10.0 Å². The third kappa shape index (κ3) is 8.00. The van der Waals surface area contributed by atoms with Gasteiger partial charge in [0.1, 0.15) is 0 Å². The number of nitrogens with zero attached hydrogens (tertiary/aromatic N) is 3. The molecule has 1 saturated heterocycles. The molecule has 0 atom stereocenters. The normalized spacial score (nSPS) is 13.5. The van der Waals surface area contributed by atoms with Crippen molar-refractivity contribution in [3.05, 3.63) is 87.7 Å². The number of hydrogen-bond donors (Lipinski definition) is 3. The molecular formula is C29H34Cl2N6O2. The average Bonchev–Trinajstić information content (AvgIpc) is 3.20. The summed E-state index contributed by atoms with van der Waals surface area (Å²) in [6.07, 6.45) is 4.98. The van der Waals surface area contributed by atoms with Crippen LogP contribution in [0.3, 0.4) is 0 Å². The maximum atomic E-state index is 13.1. The lowest BCUT2D eigenvalue weighted by Gasteiger charge is -2.27. The van der Waals surface area contributed by atoms with E-state index in [4.69, 9.17) is 23.2 Å². The number of carbonyl (C=O) groups is 2. The lowest BCUT2D eigenvalue weighted by atomic mass is 10.1. The minimum Gasteiger partial charge on any atom is -0.379 e. The van der Waals surface area contributed by atoms with Crippen molar-refractivity contribution >= 4 is 46.5 Å². The Morgan fingerprint density at radius 3 is 2.54 bits per heavy atom. The molecule has 2 aromatic carbocycles. The van der Waals surface area contributed by atoms with Crippen LogP contribution in [0.25, 0.3) is 0 Å². The second-order valence-electron chi connectivity index (χ2n) is 9.35. The van der Waals surface area contributed by atoms with Gasteiger partial charge in [-0.05, 0) is 73.4 Å². The number of halogens is 2. The van der Waals surface area contributed by atoms with Gasteiger partial charge in [-0.3, -0.25) is 9.78 Å². The Morgan fingerprint density at radius 1 is 0.949 bits per heavy atom. The second kappa shape index (κ2) is 14.1. The first-order valence-electron chi connectivity index (χ1n) is 13.2. The number of hydrogen-bond acceptors (Lipinski definition) is 5. The summed E-state index contributed by atoms with van der Waals surface area (Å²) in [5.74, 6) is -0.156. The molecule has 0 aliphatic carbocycles. The van der Waals surface area contributed by atoms with Crippen LogP contribution in [0, 0.1) is 0 Å². The van der Waals surface area contributed by atoms with E-state index >= 15 is 0 Å². The number of anilines is 2. The van der Waals surface area contributed by atoms with E-state index in [1.54, 1.807) is 24.5 Å². The molecule has 3 N–H and O–H groups in total. The van der Waals surface area contributed by atoms with Crippen molar-refractivity contribution in [3.8, 4) is 0 Å². The van der Waals surface area contributed by atoms with Crippen molar-refractivity contribution in [2.75, 3.05) is 49.5 Å². The number of urea groups is 1. The van der Waals surface area contributed by atoms with Crippen LogP contribution >= 0.6 is 23.2 Å². The van der Waals surface area contributed by atoms with E-state index in [1.807, 2.05) is 48.2 Å². The molecule has 0 radical (unpaired) electrons. The van der Waals surface area contributed by atoms with Crippen molar-refractivity contribution in [2.45, 2.75) is 26.3 Å². The fourth-order valence-corrected chi connectivity index (χ4v) is 5.06. The summed E-state index contributed by atoms with van der Waals surface area (Å²) in [7, 11) is 0. The van der Waals surface area contributed by atoms with Crippen LogP contribution in [-0.2, 0) is 13.0 Å². The van der Waals surface area contributed by atoms with E-state index in [0.29, 0.717) is 61.3 Å². The van der Waals surface area contributed by atoms with Gasteiger partial charge in [-0.25, -0.2) is 4.79 Å². The maximum Gasteiger partial charge on any atom is 0.317 e. The summed E-state index contributed by atoms with van der Waals surface area (Å²) in [6.45, 7) is 6.43. The highest BCUT2D eigenvalue weighted by atomic mass is 35.5. The molecule has 0 spiro atoms. The molecule has 10 heteroatoms. The molecule has 1 aliphatic heterocycles. The predicted octanol–water partition coefficient (Wildman–Crippen LogP) is 5.21. The van der Waals surface area contributed by atoms with E-state index in [-0.39, 0.29) is 11.9 Å². The number of carbonyl (C=O) groups excluding carboxylic acids is 2. The summed E-state index contributed by atoms with van der Waals surface area (Å²) in [6, 6.07) is 15.0. The van der Waals surface area contributed by atoms with Gasteiger partial charge in [0.05, 0.1) is 11.4 Å². The van der Waals surface area contributed by atoms with Crippen LogP contribution in [0.1, 0.15) is 34.8 Å². The zero-order valence-corrected chi connectivity index (χ0v) is 23.6. The van der Waals surface area contributed by atoms with E-state index in [0.717, 1.165) is 35.5 Å². The van der Waals surface area contributed by atoms with Crippen molar-refractivity contribution in [1.29, 1.82) is 0 Å². The van der Waals surface area contributed by atoms with Gasteiger partial charge < -0.3 is 25.8 Å². The standard InChI is InChI=1S/C29H34Cl2N6O2/c1-2-33-29(39)37-15-3-14-36(16-17-37)27-7-5-23(18-26(27)35-20-21-8-11-32-12-9-21)28(38)34-13-10-22-4-6-24(30)19-25(22)31/h4-9,11-12,18-19,35H,2-3,10,13-17,20H2,1H3,(H,33,39)(H,34,38). The molecular weight excluding hydrogens is 535 g/mol. The molecule has 3 aromatic rings. The van der Waals surface area contributed by atoms with Crippen LogP contribution < -0.4 is 20.9 Å². The van der Waals surface area contributed by atoms with Gasteiger partial charge in [-0.15, -0.1) is 0 Å². The van der Waals surface area contributed by atoms with Gasteiger partial charge in [0.15, 0.2) is 0 Å². The number of amides is 3. The molecule has 0 bridgehead atoms. The van der Waals surface area contributed by atoms with Gasteiger partial charge in [0, 0.05) is 73.8 Å². The summed E-state index contributed by atoms with van der Waals surface area (Å²) in [5.41, 5.74) is 4.46. The van der Waals surface area contributed by atoms with Crippen LogP contribution in [0.4, 0.5) is 16.2 Å². The Kier molecular flexibility index (Phi) is 10.3. The highest BCUT2D eigenvalue weighted by Crippen LogP contribution is 2.29. The molecule has 8 nitrogen and oxygen atoms in total. The number of rotatable bonds is 9. The molecule has 1 aromatic heterocycles. The molecule has 4 rings (SSSR count). The van der Waals surface area contributed by atoms with E-state index < -0.39 is 0 Å². The van der Waals surface area contributed by atoms with Crippen molar-refractivity contribution in [1.82, 2.24) is 20.5 Å². The number of nitrogens with one attached hydrogen (secondary N) is 3. The van der Waals surface area contributed by atoms with E-state index in [2.05, 4.69) is 25.8 Å². The fraction of sp³-hybridized carbons (Fsp3) is 0.345. The zero-order chi connectivity index (χ0) is 27.6. The third-order valence-corrected chi connectivity index (χ3v) is 7.22. The minimum absolute atomic E-state index is 0.0257. The predicted molar refractivity (Wildman–Crippen MR) is 158 cm³/mol. The topological polar surface area (TPSA) is 89.6 Å². The first-order chi connectivity index (χ1) is 18.9. The maximum absolute atomic E-state index is 13.1. The van der Waals surface area contributed by atoms with Gasteiger partial charge in [-0.2, -0.15) is 0 Å². The Balaban J connectivity index is 1.47. The summed E-state index contributed by atoms with van der Waals surface area (Å²) >= 11 is 12.3. The molecule has 39 heavy (non-hydrogen) atoms. The molecule has 0 saturated carbocycles. The van der Waals surface area contributed by atoms with Crippen LogP contribution in [0.15, 0.2) is 60.9 Å². The summed E-state index contributed by atoms with van der Waals surface area (Å²) in [5, 5.41) is 10.6. The Bertz CT molecular complexity index is 1270. The Labute approximate surface area is 239 Å². The van der Waals surface area contributed by atoms with E-state index in [1.165, 1.54) is 0 Å².